The van der Waals surface area contributed by atoms with E-state index in [0.717, 1.165) is 5.92 Å². The van der Waals surface area contributed by atoms with Gasteiger partial charge in [0.2, 0.25) is 0 Å². The van der Waals surface area contributed by atoms with E-state index in [9.17, 15) is 0 Å². The van der Waals surface area contributed by atoms with Crippen molar-refractivity contribution in [1.82, 2.24) is 0 Å². The Hall–Kier alpha value is 0.499. The summed E-state index contributed by atoms with van der Waals surface area (Å²) in [5, 5.41) is 0. The summed E-state index contributed by atoms with van der Waals surface area (Å²) in [6.07, 6.45) is 1.26. The molecule has 0 nitrogen and oxygen atoms in total. The van der Waals surface area contributed by atoms with Gasteiger partial charge in [-0.15, -0.1) is 0 Å². The summed E-state index contributed by atoms with van der Waals surface area (Å²) < 4.78 is 1.71. The molecule has 0 spiro atoms. The topological polar surface area (TPSA) is 0 Å². The van der Waals surface area contributed by atoms with Crippen molar-refractivity contribution < 1.29 is 0 Å². The summed E-state index contributed by atoms with van der Waals surface area (Å²) in [5.74, 6) is 0.793. The van der Waals surface area contributed by atoms with Crippen molar-refractivity contribution in [3.05, 3.63) is 17.0 Å². The van der Waals surface area contributed by atoms with Gasteiger partial charge in [-0.3, -0.25) is 0 Å². The Morgan fingerprint density at radius 1 is 1.23 bits per heavy atom. The first-order valence-electron chi connectivity index (χ1n) is 4.99. The molecule has 0 aliphatic rings. The molecule has 0 atom stereocenters. The maximum atomic E-state index is 2.49. The van der Waals surface area contributed by atoms with Gasteiger partial charge in [-0.05, 0) is 0 Å². The van der Waals surface area contributed by atoms with Gasteiger partial charge in [-0.2, -0.15) is 0 Å². The zero-order valence-corrected chi connectivity index (χ0v) is 13.0. The van der Waals surface area contributed by atoms with E-state index >= 15 is 0 Å². The molecule has 74 valence electrons. The summed E-state index contributed by atoms with van der Waals surface area (Å²) in [4.78, 5) is 9.04. The second-order valence-electron chi connectivity index (χ2n) is 5.11. The van der Waals surface area contributed by atoms with Gasteiger partial charge >= 0.3 is 90.6 Å². The van der Waals surface area contributed by atoms with Crippen LogP contribution >= 0.6 is 11.3 Å². The molecule has 0 saturated heterocycles. The molecule has 0 unspecified atom stereocenters. The third-order valence-electron chi connectivity index (χ3n) is 2.01. The van der Waals surface area contributed by atoms with Crippen molar-refractivity contribution >= 4 is 32.6 Å². The normalized spacial score (nSPS) is 12.5. The van der Waals surface area contributed by atoms with Crippen LogP contribution in [0.15, 0.2) is 12.1 Å². The molecule has 0 fully saturated rings. The molecule has 0 radical (unpaired) electrons. The van der Waals surface area contributed by atoms with E-state index < -0.39 is 18.4 Å². The van der Waals surface area contributed by atoms with Crippen LogP contribution in [0.1, 0.15) is 18.7 Å². The van der Waals surface area contributed by atoms with Crippen molar-refractivity contribution in [2.45, 2.75) is 35.1 Å². The second kappa shape index (κ2) is 4.35. The molecule has 0 saturated carbocycles. The van der Waals surface area contributed by atoms with Crippen LogP contribution in [0.4, 0.5) is 0 Å². The quantitative estimate of drug-likeness (QED) is 0.750. The van der Waals surface area contributed by atoms with Crippen molar-refractivity contribution in [3.8, 4) is 0 Å². The number of rotatable bonds is 3. The van der Waals surface area contributed by atoms with Gasteiger partial charge in [-0.1, -0.05) is 0 Å². The molecular formula is C11H20SSn. The zero-order chi connectivity index (χ0) is 10.1. The van der Waals surface area contributed by atoms with Gasteiger partial charge in [0.25, 0.3) is 0 Å². The Kier molecular flexibility index (Phi) is 3.87. The maximum absolute atomic E-state index is 2.49. The summed E-state index contributed by atoms with van der Waals surface area (Å²) >= 11 is 0.318. The Bertz CT molecular complexity index is 268. The van der Waals surface area contributed by atoms with Crippen LogP contribution in [-0.2, 0) is 6.42 Å². The number of thiophene rings is 1. The molecule has 0 amide bonds. The van der Waals surface area contributed by atoms with Gasteiger partial charge in [0.15, 0.2) is 0 Å². The first-order chi connectivity index (χ1) is 5.89. The Morgan fingerprint density at radius 2 is 1.85 bits per heavy atom. The molecule has 1 heterocycles. The third kappa shape index (κ3) is 3.62. The molecule has 1 rings (SSSR count). The minimum absolute atomic E-state index is 0.793. The standard InChI is InChI=1S/C8H11S.3CH3.Sn/c1-7(2)6-8-4-3-5-9-8;;;;/h3-4,7H,6H2,1-2H3;3*1H3;. The molecule has 1 aromatic heterocycles. The van der Waals surface area contributed by atoms with Crippen LogP contribution in [0, 0.1) is 5.92 Å². The van der Waals surface area contributed by atoms with Gasteiger partial charge in [-0.25, -0.2) is 0 Å². The Balaban J connectivity index is 2.75. The number of hydrogen-bond donors (Lipinski definition) is 0. The van der Waals surface area contributed by atoms with Crippen LogP contribution in [0.3, 0.4) is 0 Å². The van der Waals surface area contributed by atoms with E-state index in [2.05, 4.69) is 52.1 Å². The molecule has 0 aromatic carbocycles. The predicted molar refractivity (Wildman–Crippen MR) is 65.8 cm³/mol. The van der Waals surface area contributed by atoms with E-state index in [0.29, 0.717) is 0 Å². The van der Waals surface area contributed by atoms with Gasteiger partial charge in [0, 0.05) is 0 Å². The monoisotopic (exact) mass is 304 g/mol. The van der Waals surface area contributed by atoms with E-state index in [1.54, 1.807) is 7.77 Å². The summed E-state index contributed by atoms with van der Waals surface area (Å²) in [5.41, 5.74) is 0. The van der Waals surface area contributed by atoms with E-state index in [1.807, 2.05) is 0 Å². The van der Waals surface area contributed by atoms with Crippen molar-refractivity contribution in [2.24, 2.45) is 5.92 Å². The fourth-order valence-electron chi connectivity index (χ4n) is 1.29. The molecule has 0 N–H and O–H groups in total. The summed E-state index contributed by atoms with van der Waals surface area (Å²) in [6, 6.07) is 4.71. The zero-order valence-electron chi connectivity index (χ0n) is 9.35. The average Bonchev–Trinajstić information content (AvgIpc) is 2.32. The first kappa shape index (κ1) is 11.6. The van der Waals surface area contributed by atoms with E-state index in [1.165, 1.54) is 6.42 Å². The second-order valence-corrected chi connectivity index (χ2v) is 21.7. The Morgan fingerprint density at radius 3 is 2.23 bits per heavy atom. The van der Waals surface area contributed by atoms with E-state index in [4.69, 9.17) is 0 Å². The average molecular weight is 303 g/mol. The van der Waals surface area contributed by atoms with Crippen molar-refractivity contribution in [3.63, 3.8) is 0 Å². The van der Waals surface area contributed by atoms with Crippen molar-refractivity contribution in [2.75, 3.05) is 0 Å². The SMILES string of the molecule is CC(C)Cc1cc[c]([Sn]([CH3])([CH3])[CH3])s1. The van der Waals surface area contributed by atoms with Crippen LogP contribution in [0.2, 0.25) is 14.8 Å². The van der Waals surface area contributed by atoms with Crippen LogP contribution < -0.4 is 2.89 Å². The van der Waals surface area contributed by atoms with Gasteiger partial charge in [0.1, 0.15) is 0 Å². The summed E-state index contributed by atoms with van der Waals surface area (Å²) in [7, 11) is 0. The Labute approximate surface area is 90.2 Å². The number of hydrogen-bond acceptors (Lipinski definition) is 1. The van der Waals surface area contributed by atoms with Crippen LogP contribution in [0.5, 0.6) is 0 Å². The molecule has 0 aliphatic carbocycles. The molecule has 2 heteroatoms. The molecule has 0 bridgehead atoms. The molecular weight excluding hydrogens is 283 g/mol. The van der Waals surface area contributed by atoms with E-state index in [-0.39, 0.29) is 0 Å². The minimum atomic E-state index is -1.74. The first-order valence-corrected chi connectivity index (χ1v) is 15.8. The van der Waals surface area contributed by atoms with Gasteiger partial charge in [0.05, 0.1) is 0 Å². The molecule has 0 aliphatic heterocycles. The fraction of sp³-hybridized carbons (Fsp3) is 0.636. The van der Waals surface area contributed by atoms with Gasteiger partial charge < -0.3 is 0 Å². The van der Waals surface area contributed by atoms with Crippen LogP contribution in [0.25, 0.3) is 0 Å². The fourth-order valence-corrected chi connectivity index (χ4v) is 7.98. The third-order valence-corrected chi connectivity index (χ3v) is 12.6. The van der Waals surface area contributed by atoms with Crippen LogP contribution in [-0.4, -0.2) is 18.4 Å². The molecule has 13 heavy (non-hydrogen) atoms. The summed E-state index contributed by atoms with van der Waals surface area (Å²) in [6.45, 7) is 4.58. The predicted octanol–water partition coefficient (Wildman–Crippen LogP) is 3.49. The molecule has 1 aromatic rings. The van der Waals surface area contributed by atoms with Crippen molar-refractivity contribution in [1.29, 1.82) is 0 Å².